The first-order valence-electron chi connectivity index (χ1n) is 12.5. The molecule has 2 aliphatic heterocycles. The summed E-state index contributed by atoms with van der Waals surface area (Å²) in [6.07, 6.45) is 7.18. The van der Waals surface area contributed by atoms with Crippen molar-refractivity contribution in [3.63, 3.8) is 0 Å². The maximum Gasteiger partial charge on any atom is 0.253 e. The summed E-state index contributed by atoms with van der Waals surface area (Å²) in [6.45, 7) is 9.91. The Bertz CT molecular complexity index is 903. The van der Waals surface area contributed by atoms with E-state index in [2.05, 4.69) is 22.8 Å². The zero-order valence-corrected chi connectivity index (χ0v) is 20.1. The van der Waals surface area contributed by atoms with Crippen molar-refractivity contribution in [1.82, 2.24) is 14.9 Å². The molecule has 2 fully saturated rings. The average molecular weight is 452 g/mol. The van der Waals surface area contributed by atoms with Gasteiger partial charge in [0, 0.05) is 56.6 Å². The topological polar surface area (TPSA) is 61.8 Å². The number of aryl methyl sites for hydroxylation is 1. The molecule has 3 heterocycles. The lowest BCUT2D eigenvalue weighted by Crippen LogP contribution is -2.49. The standard InChI is InChI=1S/C26H37N5O2/c1-3-4-8-19-33-23-11-9-22(10-12-23)25(32)30-15-17-31(18-16-30)26-27-21(2)20-24(28-26)29-13-6-5-7-14-29/h9-12,20H,3-8,13-19H2,1-2H3. The number of piperidine rings is 1. The number of carbonyl (C=O) groups is 1. The van der Waals surface area contributed by atoms with Crippen LogP contribution < -0.4 is 14.5 Å². The highest BCUT2D eigenvalue weighted by Gasteiger charge is 2.24. The van der Waals surface area contributed by atoms with Crippen LogP contribution in [0.2, 0.25) is 0 Å². The van der Waals surface area contributed by atoms with E-state index >= 15 is 0 Å². The lowest BCUT2D eigenvalue weighted by Gasteiger charge is -2.35. The molecule has 1 aromatic carbocycles. The van der Waals surface area contributed by atoms with Crippen molar-refractivity contribution in [2.75, 3.05) is 55.7 Å². The quantitative estimate of drug-likeness (QED) is 0.558. The number of hydrogen-bond acceptors (Lipinski definition) is 6. The molecule has 178 valence electrons. The Morgan fingerprint density at radius 1 is 0.909 bits per heavy atom. The van der Waals surface area contributed by atoms with Gasteiger partial charge in [-0.3, -0.25) is 4.79 Å². The fraction of sp³-hybridized carbons (Fsp3) is 0.577. The summed E-state index contributed by atoms with van der Waals surface area (Å²) in [6, 6.07) is 9.64. The smallest absolute Gasteiger partial charge is 0.253 e. The first-order chi connectivity index (χ1) is 16.1. The molecule has 0 spiro atoms. The first-order valence-corrected chi connectivity index (χ1v) is 12.5. The molecule has 1 aromatic heterocycles. The summed E-state index contributed by atoms with van der Waals surface area (Å²) in [7, 11) is 0. The third-order valence-corrected chi connectivity index (χ3v) is 6.48. The first kappa shape index (κ1) is 23.3. The van der Waals surface area contributed by atoms with Crippen LogP contribution in [0.15, 0.2) is 30.3 Å². The number of amides is 1. The van der Waals surface area contributed by atoms with E-state index < -0.39 is 0 Å². The zero-order chi connectivity index (χ0) is 23.0. The van der Waals surface area contributed by atoms with Crippen molar-refractivity contribution in [2.45, 2.75) is 52.4 Å². The summed E-state index contributed by atoms with van der Waals surface area (Å²) in [5, 5.41) is 0. The molecule has 2 aliphatic rings. The zero-order valence-electron chi connectivity index (χ0n) is 20.1. The van der Waals surface area contributed by atoms with Gasteiger partial charge in [-0.2, -0.15) is 4.98 Å². The van der Waals surface area contributed by atoms with Gasteiger partial charge >= 0.3 is 0 Å². The summed E-state index contributed by atoms with van der Waals surface area (Å²) in [5.74, 6) is 2.72. The highest BCUT2D eigenvalue weighted by Crippen LogP contribution is 2.22. The van der Waals surface area contributed by atoms with Crippen molar-refractivity contribution in [1.29, 1.82) is 0 Å². The highest BCUT2D eigenvalue weighted by atomic mass is 16.5. The lowest BCUT2D eigenvalue weighted by atomic mass is 10.1. The van der Waals surface area contributed by atoms with Crippen LogP contribution in [0.25, 0.3) is 0 Å². The monoisotopic (exact) mass is 451 g/mol. The number of aromatic nitrogens is 2. The summed E-state index contributed by atoms with van der Waals surface area (Å²) in [4.78, 5) is 29.1. The van der Waals surface area contributed by atoms with E-state index in [1.54, 1.807) is 0 Å². The van der Waals surface area contributed by atoms with E-state index in [4.69, 9.17) is 14.7 Å². The van der Waals surface area contributed by atoms with Crippen LogP contribution in [0, 0.1) is 6.92 Å². The van der Waals surface area contributed by atoms with Crippen molar-refractivity contribution < 1.29 is 9.53 Å². The average Bonchev–Trinajstić information content (AvgIpc) is 2.87. The Kier molecular flexibility index (Phi) is 8.02. The van der Waals surface area contributed by atoms with Crippen LogP contribution in [-0.2, 0) is 0 Å². The molecule has 7 nitrogen and oxygen atoms in total. The number of carbonyl (C=O) groups excluding carboxylic acids is 1. The number of unbranched alkanes of at least 4 members (excludes halogenated alkanes) is 2. The molecule has 2 saturated heterocycles. The summed E-state index contributed by atoms with van der Waals surface area (Å²) >= 11 is 0. The van der Waals surface area contributed by atoms with Gasteiger partial charge in [-0.25, -0.2) is 4.98 Å². The number of ether oxygens (including phenoxy) is 1. The Hall–Kier alpha value is -2.83. The fourth-order valence-corrected chi connectivity index (χ4v) is 4.49. The molecule has 33 heavy (non-hydrogen) atoms. The van der Waals surface area contributed by atoms with Gasteiger partial charge in [-0.1, -0.05) is 19.8 Å². The van der Waals surface area contributed by atoms with E-state index in [1.165, 1.54) is 32.1 Å². The van der Waals surface area contributed by atoms with E-state index in [0.29, 0.717) is 18.7 Å². The van der Waals surface area contributed by atoms with Crippen LogP contribution in [0.1, 0.15) is 61.5 Å². The summed E-state index contributed by atoms with van der Waals surface area (Å²) < 4.78 is 5.77. The third-order valence-electron chi connectivity index (χ3n) is 6.48. The number of benzene rings is 1. The molecule has 2 aromatic rings. The predicted molar refractivity (Wildman–Crippen MR) is 132 cm³/mol. The van der Waals surface area contributed by atoms with Crippen LogP contribution in [0.5, 0.6) is 5.75 Å². The van der Waals surface area contributed by atoms with Crippen molar-refractivity contribution >= 4 is 17.7 Å². The minimum absolute atomic E-state index is 0.0753. The SMILES string of the molecule is CCCCCOc1ccc(C(=O)N2CCN(c3nc(C)cc(N4CCCCC4)n3)CC2)cc1. The number of rotatable bonds is 8. The second kappa shape index (κ2) is 11.3. The van der Waals surface area contributed by atoms with Gasteiger partial charge in [0.1, 0.15) is 11.6 Å². The molecule has 0 saturated carbocycles. The van der Waals surface area contributed by atoms with Gasteiger partial charge in [0.25, 0.3) is 5.91 Å². The minimum Gasteiger partial charge on any atom is -0.494 e. The number of anilines is 2. The molecule has 0 aliphatic carbocycles. The number of piperazine rings is 1. The van der Waals surface area contributed by atoms with E-state index in [0.717, 1.165) is 62.4 Å². The second-order valence-corrected chi connectivity index (χ2v) is 9.07. The Morgan fingerprint density at radius 3 is 2.33 bits per heavy atom. The molecule has 0 radical (unpaired) electrons. The number of hydrogen-bond donors (Lipinski definition) is 0. The van der Waals surface area contributed by atoms with Gasteiger partial charge in [0.05, 0.1) is 6.61 Å². The van der Waals surface area contributed by atoms with E-state index in [9.17, 15) is 4.79 Å². The van der Waals surface area contributed by atoms with Crippen LogP contribution in [0.4, 0.5) is 11.8 Å². The maximum absolute atomic E-state index is 13.0. The second-order valence-electron chi connectivity index (χ2n) is 9.07. The van der Waals surface area contributed by atoms with Crippen LogP contribution in [-0.4, -0.2) is 66.7 Å². The highest BCUT2D eigenvalue weighted by molar-refractivity contribution is 5.94. The van der Waals surface area contributed by atoms with Crippen molar-refractivity contribution in [3.05, 3.63) is 41.6 Å². The Balaban J connectivity index is 1.32. The van der Waals surface area contributed by atoms with E-state index in [1.807, 2.05) is 36.1 Å². The molecule has 0 atom stereocenters. The Labute approximate surface area is 197 Å². The van der Waals surface area contributed by atoms with Gasteiger partial charge in [-0.05, 0) is 56.9 Å². The van der Waals surface area contributed by atoms with E-state index in [-0.39, 0.29) is 5.91 Å². The normalized spacial score (nSPS) is 16.7. The maximum atomic E-state index is 13.0. The number of nitrogens with zero attached hydrogens (tertiary/aromatic N) is 5. The summed E-state index contributed by atoms with van der Waals surface area (Å²) in [5.41, 5.74) is 1.71. The molecule has 7 heteroatoms. The van der Waals surface area contributed by atoms with Crippen LogP contribution >= 0.6 is 0 Å². The lowest BCUT2D eigenvalue weighted by molar-refractivity contribution is 0.0746. The molecular weight excluding hydrogens is 414 g/mol. The van der Waals surface area contributed by atoms with Gasteiger partial charge < -0.3 is 19.4 Å². The van der Waals surface area contributed by atoms with Crippen molar-refractivity contribution in [3.8, 4) is 5.75 Å². The van der Waals surface area contributed by atoms with Crippen molar-refractivity contribution in [2.24, 2.45) is 0 Å². The molecule has 4 rings (SSSR count). The molecule has 0 unspecified atom stereocenters. The minimum atomic E-state index is 0.0753. The molecule has 0 bridgehead atoms. The largest absolute Gasteiger partial charge is 0.494 e. The third kappa shape index (κ3) is 6.15. The predicted octanol–water partition coefficient (Wildman–Crippen LogP) is 4.31. The van der Waals surface area contributed by atoms with Gasteiger partial charge in [-0.15, -0.1) is 0 Å². The Morgan fingerprint density at radius 2 is 1.64 bits per heavy atom. The molecule has 1 amide bonds. The molecule has 0 N–H and O–H groups in total. The van der Waals surface area contributed by atoms with Gasteiger partial charge in [0.15, 0.2) is 0 Å². The molecular formula is C26H37N5O2. The van der Waals surface area contributed by atoms with Crippen LogP contribution in [0.3, 0.4) is 0 Å². The fourth-order valence-electron chi connectivity index (χ4n) is 4.49. The van der Waals surface area contributed by atoms with Gasteiger partial charge in [0.2, 0.25) is 5.95 Å².